The van der Waals surface area contributed by atoms with Gasteiger partial charge in [0.15, 0.2) is 0 Å². The van der Waals surface area contributed by atoms with E-state index in [-0.39, 0.29) is 27.4 Å². The van der Waals surface area contributed by atoms with Gasteiger partial charge in [-0.15, -0.1) is 0 Å². The molecule has 0 saturated carbocycles. The van der Waals surface area contributed by atoms with Crippen LogP contribution in [0.4, 0.5) is 0 Å². The fraction of sp³-hybridized carbons (Fsp3) is 1.00. The van der Waals surface area contributed by atoms with Crippen molar-refractivity contribution in [2.24, 2.45) is 22.0 Å². The molecule has 0 atom stereocenters. The first-order chi connectivity index (χ1) is 9.62. The maximum atomic E-state index is 6.43. The summed E-state index contributed by atoms with van der Waals surface area (Å²) in [5.74, 6) is 0. The quantitative estimate of drug-likeness (QED) is 0.625. The lowest BCUT2D eigenvalue weighted by Gasteiger charge is -2.52. The van der Waals surface area contributed by atoms with E-state index in [0.29, 0.717) is 5.41 Å². The zero-order valence-corrected chi connectivity index (χ0v) is 18.5. The summed E-state index contributed by atoms with van der Waals surface area (Å²) < 4.78 is 0. The van der Waals surface area contributed by atoms with Crippen LogP contribution in [0.3, 0.4) is 0 Å². The predicted molar refractivity (Wildman–Crippen MR) is 106 cm³/mol. The molecule has 0 aliphatic rings. The Kier molecular flexibility index (Phi) is 6.31. The van der Waals surface area contributed by atoms with Crippen LogP contribution in [-0.4, -0.2) is 16.6 Å². The van der Waals surface area contributed by atoms with E-state index in [1.165, 1.54) is 6.42 Å². The van der Waals surface area contributed by atoms with Gasteiger partial charge in [-0.05, 0) is 70.6 Å². The summed E-state index contributed by atoms with van der Waals surface area (Å²) in [7, 11) is 0. The zero-order chi connectivity index (χ0) is 19.1. The van der Waals surface area contributed by atoms with E-state index in [0.717, 1.165) is 6.42 Å². The molecular weight excluding hydrogens is 280 g/mol. The lowest BCUT2D eigenvalue weighted by molar-refractivity contribution is 0.0471. The van der Waals surface area contributed by atoms with Crippen LogP contribution in [-0.2, 0) is 0 Å². The molecule has 2 heteroatoms. The molecule has 23 heavy (non-hydrogen) atoms. The molecule has 0 aromatic rings. The number of nitrogens with one attached hydrogen (secondary N) is 1. The maximum absolute atomic E-state index is 6.43. The highest BCUT2D eigenvalue weighted by molar-refractivity contribution is 5.02. The van der Waals surface area contributed by atoms with E-state index in [9.17, 15) is 0 Å². The van der Waals surface area contributed by atoms with E-state index in [4.69, 9.17) is 5.73 Å². The number of hydrogen-bond donors (Lipinski definition) is 2. The monoisotopic (exact) mass is 326 g/mol. The largest absolute Gasteiger partial charge is 0.325 e. The van der Waals surface area contributed by atoms with E-state index >= 15 is 0 Å². The van der Waals surface area contributed by atoms with Crippen molar-refractivity contribution in [3.63, 3.8) is 0 Å². The fourth-order valence-corrected chi connectivity index (χ4v) is 3.94. The molecular formula is C21H46N2. The zero-order valence-electron chi connectivity index (χ0n) is 18.5. The van der Waals surface area contributed by atoms with Crippen LogP contribution < -0.4 is 11.1 Å². The summed E-state index contributed by atoms with van der Waals surface area (Å²) >= 11 is 0. The lowest BCUT2D eigenvalue weighted by atomic mass is 9.64. The molecule has 2 nitrogen and oxygen atoms in total. The molecule has 140 valence electrons. The standard InChI is InChI=1S/C21H46N2/c1-16(2,3)14-18(6,7)21(12,13)23-19(8,9)15-17(4,5)20(10,11)22/h23H,14-15,22H2,1-13H3. The molecule has 0 heterocycles. The van der Waals surface area contributed by atoms with E-state index in [1.807, 2.05) is 0 Å². The third-order valence-electron chi connectivity index (χ3n) is 5.94. The Labute approximate surface area is 147 Å². The molecule has 0 aromatic heterocycles. The summed E-state index contributed by atoms with van der Waals surface area (Å²) in [4.78, 5) is 0. The Morgan fingerprint density at radius 2 is 1.00 bits per heavy atom. The van der Waals surface area contributed by atoms with Gasteiger partial charge in [0.1, 0.15) is 0 Å². The second-order valence-corrected chi connectivity index (χ2v) is 12.0. The average molecular weight is 327 g/mol. The smallest absolute Gasteiger partial charge is 0.0181 e. The molecule has 0 amide bonds. The first kappa shape index (κ1) is 22.9. The second kappa shape index (κ2) is 6.33. The van der Waals surface area contributed by atoms with Gasteiger partial charge in [-0.1, -0.05) is 48.5 Å². The van der Waals surface area contributed by atoms with Gasteiger partial charge in [0.2, 0.25) is 0 Å². The van der Waals surface area contributed by atoms with Crippen LogP contribution in [0.5, 0.6) is 0 Å². The Bertz CT molecular complexity index is 387. The Balaban J connectivity index is 5.28. The van der Waals surface area contributed by atoms with Crippen LogP contribution in [0.25, 0.3) is 0 Å². The Morgan fingerprint density at radius 3 is 1.30 bits per heavy atom. The maximum Gasteiger partial charge on any atom is 0.0181 e. The van der Waals surface area contributed by atoms with Crippen LogP contribution in [0.2, 0.25) is 0 Å². The summed E-state index contributed by atoms with van der Waals surface area (Å²) in [5.41, 5.74) is 6.88. The normalized spacial score (nSPS) is 15.9. The van der Waals surface area contributed by atoms with E-state index in [2.05, 4.69) is 95.3 Å². The molecule has 0 unspecified atom stereocenters. The molecule has 0 fully saturated rings. The Morgan fingerprint density at radius 1 is 0.609 bits per heavy atom. The lowest BCUT2D eigenvalue weighted by Crippen LogP contribution is -2.62. The molecule has 0 radical (unpaired) electrons. The SMILES string of the molecule is CC(C)(C)CC(C)(C)C(C)(C)NC(C)(C)CC(C)(C)C(C)(C)N. The highest BCUT2D eigenvalue weighted by Gasteiger charge is 2.45. The van der Waals surface area contributed by atoms with E-state index < -0.39 is 0 Å². The summed E-state index contributed by atoms with van der Waals surface area (Å²) in [5, 5.41) is 3.97. The van der Waals surface area contributed by atoms with Crippen molar-refractivity contribution in [2.45, 2.75) is 119 Å². The molecule has 0 rings (SSSR count). The van der Waals surface area contributed by atoms with Crippen LogP contribution in [0.1, 0.15) is 103 Å². The number of rotatable bonds is 7. The molecule has 0 bridgehead atoms. The summed E-state index contributed by atoms with van der Waals surface area (Å²) in [6.07, 6.45) is 2.22. The highest BCUT2D eigenvalue weighted by atomic mass is 15.1. The molecule has 0 aromatic carbocycles. The summed E-state index contributed by atoms with van der Waals surface area (Å²) in [6.45, 7) is 29.9. The molecule has 0 saturated heterocycles. The van der Waals surface area contributed by atoms with Gasteiger partial charge in [0.25, 0.3) is 0 Å². The fourth-order valence-electron chi connectivity index (χ4n) is 3.94. The minimum atomic E-state index is -0.197. The van der Waals surface area contributed by atoms with Gasteiger partial charge in [-0.25, -0.2) is 0 Å². The van der Waals surface area contributed by atoms with Gasteiger partial charge in [0, 0.05) is 16.6 Å². The van der Waals surface area contributed by atoms with Gasteiger partial charge in [-0.2, -0.15) is 0 Å². The molecule has 0 aliphatic heterocycles. The van der Waals surface area contributed by atoms with Crippen molar-refractivity contribution in [1.82, 2.24) is 5.32 Å². The molecule has 0 spiro atoms. The van der Waals surface area contributed by atoms with Gasteiger partial charge in [0.05, 0.1) is 0 Å². The number of nitrogens with two attached hydrogens (primary N) is 1. The van der Waals surface area contributed by atoms with Crippen LogP contribution >= 0.6 is 0 Å². The third-order valence-corrected chi connectivity index (χ3v) is 5.94. The highest BCUT2D eigenvalue weighted by Crippen LogP contribution is 2.43. The summed E-state index contributed by atoms with van der Waals surface area (Å²) in [6, 6.07) is 0. The third kappa shape index (κ3) is 6.74. The van der Waals surface area contributed by atoms with Crippen LogP contribution in [0.15, 0.2) is 0 Å². The van der Waals surface area contributed by atoms with Crippen molar-refractivity contribution in [1.29, 1.82) is 0 Å². The van der Waals surface area contributed by atoms with Crippen molar-refractivity contribution < 1.29 is 0 Å². The first-order valence-corrected chi connectivity index (χ1v) is 9.20. The minimum Gasteiger partial charge on any atom is -0.325 e. The van der Waals surface area contributed by atoms with Crippen LogP contribution in [0, 0.1) is 16.2 Å². The topological polar surface area (TPSA) is 38.0 Å². The van der Waals surface area contributed by atoms with Gasteiger partial charge < -0.3 is 11.1 Å². The Hall–Kier alpha value is -0.0800. The first-order valence-electron chi connectivity index (χ1n) is 9.20. The van der Waals surface area contributed by atoms with Gasteiger partial charge >= 0.3 is 0 Å². The van der Waals surface area contributed by atoms with Crippen molar-refractivity contribution in [3.8, 4) is 0 Å². The van der Waals surface area contributed by atoms with Gasteiger partial charge in [-0.3, -0.25) is 0 Å². The molecule has 3 N–H and O–H groups in total. The minimum absolute atomic E-state index is 0.0266. The average Bonchev–Trinajstić information content (AvgIpc) is 2.05. The van der Waals surface area contributed by atoms with Crippen molar-refractivity contribution in [2.75, 3.05) is 0 Å². The predicted octanol–water partition coefficient (Wildman–Crippen LogP) is 5.75. The molecule has 0 aliphatic carbocycles. The van der Waals surface area contributed by atoms with Crippen molar-refractivity contribution >= 4 is 0 Å². The second-order valence-electron chi connectivity index (χ2n) is 12.0. The van der Waals surface area contributed by atoms with E-state index in [1.54, 1.807) is 0 Å². The number of hydrogen-bond acceptors (Lipinski definition) is 2. The van der Waals surface area contributed by atoms with Crippen molar-refractivity contribution in [3.05, 3.63) is 0 Å².